The summed E-state index contributed by atoms with van der Waals surface area (Å²) >= 11 is 0. The minimum atomic E-state index is -0.387. The molecular weight excluding hydrogens is 402 g/mol. The number of amides is 1. The van der Waals surface area contributed by atoms with Gasteiger partial charge in [0.15, 0.2) is 6.29 Å². The smallest absolute Gasteiger partial charge is 0.227 e. The van der Waals surface area contributed by atoms with E-state index in [1.54, 1.807) is 7.11 Å². The van der Waals surface area contributed by atoms with Gasteiger partial charge >= 0.3 is 0 Å². The van der Waals surface area contributed by atoms with Gasteiger partial charge < -0.3 is 15.4 Å². The van der Waals surface area contributed by atoms with Crippen LogP contribution in [0.2, 0.25) is 0 Å². The minimum Gasteiger partial charge on any atom is -0.497 e. The number of nitrogens with zero attached hydrogens (tertiary/aromatic N) is 2. The van der Waals surface area contributed by atoms with Crippen LogP contribution in [-0.2, 0) is 4.79 Å². The van der Waals surface area contributed by atoms with Crippen molar-refractivity contribution in [3.8, 4) is 5.75 Å². The maximum absolute atomic E-state index is 12.7. The van der Waals surface area contributed by atoms with Crippen LogP contribution in [0.15, 0.2) is 18.2 Å². The van der Waals surface area contributed by atoms with Crippen LogP contribution in [0.1, 0.15) is 77.3 Å². The molecule has 1 aliphatic rings. The van der Waals surface area contributed by atoms with Crippen LogP contribution >= 0.6 is 0 Å². The van der Waals surface area contributed by atoms with E-state index in [0.29, 0.717) is 5.95 Å². The number of nitrogens with one attached hydrogen (secondary N) is 3. The lowest BCUT2D eigenvalue weighted by Crippen LogP contribution is -2.63. The van der Waals surface area contributed by atoms with Crippen molar-refractivity contribution in [2.75, 3.05) is 12.4 Å². The Labute approximate surface area is 192 Å². The Morgan fingerprint density at radius 2 is 1.78 bits per heavy atom. The van der Waals surface area contributed by atoms with E-state index in [1.165, 1.54) is 44.9 Å². The Hall–Kier alpha value is -2.41. The third-order valence-electron chi connectivity index (χ3n) is 6.39. The first-order chi connectivity index (χ1) is 15.5. The van der Waals surface area contributed by atoms with E-state index in [4.69, 9.17) is 4.74 Å². The zero-order valence-corrected chi connectivity index (χ0v) is 20.0. The number of carbonyl (C=O) groups excluding carboxylic acids is 1. The molecule has 2 aromatic rings. The summed E-state index contributed by atoms with van der Waals surface area (Å²) in [4.78, 5) is 21.9. The SMILES string of the molecule is CCCCCCCCCCC1C(=O)NC(Nc2nc(C)c3cc(OC)ccc3n2)NC1C. The van der Waals surface area contributed by atoms with Crippen molar-refractivity contribution in [2.45, 2.75) is 90.9 Å². The summed E-state index contributed by atoms with van der Waals surface area (Å²) in [5, 5.41) is 10.7. The van der Waals surface area contributed by atoms with Crippen molar-refractivity contribution in [1.29, 1.82) is 0 Å². The Morgan fingerprint density at radius 3 is 2.47 bits per heavy atom. The van der Waals surface area contributed by atoms with Gasteiger partial charge in [-0.1, -0.05) is 58.3 Å². The number of benzene rings is 1. The second-order valence-electron chi connectivity index (χ2n) is 8.93. The predicted octanol–water partition coefficient (Wildman–Crippen LogP) is 4.90. The summed E-state index contributed by atoms with van der Waals surface area (Å²) in [6.07, 6.45) is 10.8. The summed E-state index contributed by atoms with van der Waals surface area (Å²) < 4.78 is 5.30. The normalized spacial score (nSPS) is 20.9. The molecule has 1 fully saturated rings. The summed E-state index contributed by atoms with van der Waals surface area (Å²) in [5.41, 5.74) is 1.70. The maximum Gasteiger partial charge on any atom is 0.227 e. The number of aromatic nitrogens is 2. The molecule has 0 radical (unpaired) electrons. The van der Waals surface area contributed by atoms with Crippen LogP contribution < -0.4 is 20.7 Å². The van der Waals surface area contributed by atoms with Crippen molar-refractivity contribution >= 4 is 22.8 Å². The van der Waals surface area contributed by atoms with Gasteiger partial charge in [-0.05, 0) is 38.5 Å². The molecule has 32 heavy (non-hydrogen) atoms. The maximum atomic E-state index is 12.7. The molecule has 3 unspecified atom stereocenters. The van der Waals surface area contributed by atoms with Crippen LogP contribution in [0.4, 0.5) is 5.95 Å². The number of unbranched alkanes of at least 4 members (excludes halogenated alkanes) is 7. The fourth-order valence-electron chi connectivity index (χ4n) is 4.44. The van der Waals surface area contributed by atoms with Gasteiger partial charge in [-0.25, -0.2) is 9.97 Å². The molecule has 3 rings (SSSR count). The van der Waals surface area contributed by atoms with Gasteiger partial charge in [0.25, 0.3) is 0 Å². The van der Waals surface area contributed by atoms with E-state index in [2.05, 4.69) is 39.8 Å². The van der Waals surface area contributed by atoms with Crippen molar-refractivity contribution in [3.05, 3.63) is 23.9 Å². The third kappa shape index (κ3) is 6.55. The number of methoxy groups -OCH3 is 1. The van der Waals surface area contributed by atoms with E-state index in [-0.39, 0.29) is 24.2 Å². The van der Waals surface area contributed by atoms with Gasteiger partial charge in [-0.15, -0.1) is 0 Å². The number of carbonyl (C=O) groups is 1. The average Bonchev–Trinajstić information content (AvgIpc) is 2.77. The molecule has 0 saturated carbocycles. The number of ether oxygens (including phenoxy) is 1. The highest BCUT2D eigenvalue weighted by Crippen LogP contribution is 2.23. The quantitative estimate of drug-likeness (QED) is 0.406. The lowest BCUT2D eigenvalue weighted by Gasteiger charge is -2.36. The van der Waals surface area contributed by atoms with Gasteiger partial charge in [0.2, 0.25) is 11.9 Å². The molecule has 3 atom stereocenters. The first-order valence-corrected chi connectivity index (χ1v) is 12.2. The molecule has 1 saturated heterocycles. The highest BCUT2D eigenvalue weighted by Gasteiger charge is 2.33. The molecule has 176 valence electrons. The first kappa shape index (κ1) is 24.2. The molecule has 1 aliphatic heterocycles. The van der Waals surface area contributed by atoms with Crippen molar-refractivity contribution in [3.63, 3.8) is 0 Å². The van der Waals surface area contributed by atoms with Crippen LogP contribution in [0.3, 0.4) is 0 Å². The number of anilines is 1. The van der Waals surface area contributed by atoms with Crippen molar-refractivity contribution in [2.24, 2.45) is 5.92 Å². The summed E-state index contributed by atoms with van der Waals surface area (Å²) in [5.74, 6) is 1.37. The van der Waals surface area contributed by atoms with Gasteiger partial charge in [-0.3, -0.25) is 10.1 Å². The topological polar surface area (TPSA) is 88.2 Å². The second kappa shape index (κ2) is 12.0. The average molecular weight is 442 g/mol. The number of hydrogen-bond acceptors (Lipinski definition) is 6. The Morgan fingerprint density at radius 1 is 1.06 bits per heavy atom. The number of hydrogen-bond donors (Lipinski definition) is 3. The van der Waals surface area contributed by atoms with E-state index in [1.807, 2.05) is 25.1 Å². The molecule has 0 aliphatic carbocycles. The molecule has 1 aromatic heterocycles. The number of fused-ring (bicyclic) bond motifs is 1. The minimum absolute atomic E-state index is 0.000126. The second-order valence-corrected chi connectivity index (χ2v) is 8.93. The fraction of sp³-hybridized carbons (Fsp3) is 0.640. The fourth-order valence-corrected chi connectivity index (χ4v) is 4.44. The van der Waals surface area contributed by atoms with Crippen molar-refractivity contribution < 1.29 is 9.53 Å². The van der Waals surface area contributed by atoms with Gasteiger partial charge in [0.05, 0.1) is 24.2 Å². The zero-order chi connectivity index (χ0) is 22.9. The molecule has 0 bridgehead atoms. The highest BCUT2D eigenvalue weighted by atomic mass is 16.5. The standard InChI is InChI=1S/C25H39N5O2/c1-5-6-7-8-9-10-11-12-13-20-17(2)26-25(29-23(20)31)30-24-27-18(3)21-16-19(32-4)14-15-22(21)28-24/h14-17,20,25-26H,5-13H2,1-4H3,(H,29,31)(H,27,28,30). The molecule has 7 heteroatoms. The molecule has 0 spiro atoms. The molecular formula is C25H39N5O2. The molecule has 7 nitrogen and oxygen atoms in total. The van der Waals surface area contributed by atoms with Crippen LogP contribution in [0.5, 0.6) is 5.75 Å². The van der Waals surface area contributed by atoms with E-state index < -0.39 is 0 Å². The molecule has 2 heterocycles. The summed E-state index contributed by atoms with van der Waals surface area (Å²) in [7, 11) is 1.65. The van der Waals surface area contributed by atoms with Gasteiger partial charge in [0, 0.05) is 11.4 Å². The summed E-state index contributed by atoms with van der Waals surface area (Å²) in [6.45, 7) is 6.28. The lowest BCUT2D eigenvalue weighted by molar-refractivity contribution is -0.129. The third-order valence-corrected chi connectivity index (χ3v) is 6.39. The van der Waals surface area contributed by atoms with E-state index in [0.717, 1.165) is 35.2 Å². The number of aryl methyl sites for hydroxylation is 1. The van der Waals surface area contributed by atoms with E-state index >= 15 is 0 Å². The zero-order valence-electron chi connectivity index (χ0n) is 20.0. The monoisotopic (exact) mass is 441 g/mol. The predicted molar refractivity (Wildman–Crippen MR) is 130 cm³/mol. The lowest BCUT2D eigenvalue weighted by atomic mass is 9.91. The Balaban J connectivity index is 1.48. The van der Waals surface area contributed by atoms with Crippen LogP contribution in [0.25, 0.3) is 10.9 Å². The first-order valence-electron chi connectivity index (χ1n) is 12.2. The van der Waals surface area contributed by atoms with Gasteiger partial charge in [-0.2, -0.15) is 0 Å². The summed E-state index contributed by atoms with van der Waals surface area (Å²) in [6, 6.07) is 5.84. The molecule has 3 N–H and O–H groups in total. The van der Waals surface area contributed by atoms with Gasteiger partial charge in [0.1, 0.15) is 5.75 Å². The van der Waals surface area contributed by atoms with E-state index in [9.17, 15) is 4.79 Å². The van der Waals surface area contributed by atoms with Crippen molar-refractivity contribution in [1.82, 2.24) is 20.6 Å². The number of rotatable bonds is 12. The largest absolute Gasteiger partial charge is 0.497 e. The Bertz CT molecular complexity index is 888. The van der Waals surface area contributed by atoms with Crippen LogP contribution in [-0.4, -0.2) is 35.3 Å². The molecule has 1 aromatic carbocycles. The highest BCUT2D eigenvalue weighted by molar-refractivity contribution is 5.83. The Kier molecular flexibility index (Phi) is 9.09. The molecule has 1 amide bonds. The van der Waals surface area contributed by atoms with Crippen LogP contribution in [0, 0.1) is 12.8 Å².